The lowest BCUT2D eigenvalue weighted by atomic mass is 10.3. The van der Waals surface area contributed by atoms with Crippen molar-refractivity contribution in [3.05, 3.63) is 44.4 Å². The van der Waals surface area contributed by atoms with E-state index in [1.807, 2.05) is 0 Å². The molecule has 0 N–H and O–H groups in total. The van der Waals surface area contributed by atoms with Crippen LogP contribution in [0.2, 0.25) is 20.1 Å². The first-order valence-electron chi connectivity index (χ1n) is 4.88. The Kier molecular flexibility index (Phi) is 3.33. The van der Waals surface area contributed by atoms with E-state index in [9.17, 15) is 0 Å². The van der Waals surface area contributed by atoms with Crippen LogP contribution in [0.4, 0.5) is 0 Å². The average molecular weight is 338 g/mol. The topological polar surface area (TPSA) is 9.23 Å². The largest absolute Gasteiger partial charge is 0.455 e. The van der Waals surface area contributed by atoms with Gasteiger partial charge in [-0.15, -0.1) is 0 Å². The Balaban J connectivity index is 2.12. The van der Waals surface area contributed by atoms with Crippen LogP contribution in [-0.2, 0) is 0 Å². The van der Waals surface area contributed by atoms with Crippen molar-refractivity contribution in [1.82, 2.24) is 0 Å². The molecule has 0 spiro atoms. The molecule has 0 atom stereocenters. The molecule has 0 bridgehead atoms. The van der Waals surface area contributed by atoms with Gasteiger partial charge in [0.15, 0.2) is 0 Å². The highest BCUT2D eigenvalue weighted by atomic mass is 35.5. The van der Waals surface area contributed by atoms with E-state index in [1.54, 1.807) is 24.3 Å². The summed E-state index contributed by atoms with van der Waals surface area (Å²) >= 11 is 25.4. The zero-order valence-electron chi connectivity index (χ0n) is 8.64. The first-order valence-corrected chi connectivity index (χ1v) is 7.21. The molecule has 2 aromatic carbocycles. The molecule has 18 heavy (non-hydrogen) atoms. The van der Waals surface area contributed by atoms with Gasteiger partial charge in [-0.2, -0.15) is 0 Å². The predicted octanol–water partition coefficient (Wildman–Crippen LogP) is 6.56. The first kappa shape index (κ1) is 12.8. The summed E-state index contributed by atoms with van der Waals surface area (Å²) in [6, 6.07) is 6.93. The number of hydrogen-bond acceptors (Lipinski definition) is 2. The van der Waals surface area contributed by atoms with Gasteiger partial charge in [0.25, 0.3) is 0 Å². The van der Waals surface area contributed by atoms with Crippen LogP contribution in [0.5, 0.6) is 11.5 Å². The van der Waals surface area contributed by atoms with Gasteiger partial charge in [0.05, 0.1) is 29.9 Å². The zero-order chi connectivity index (χ0) is 12.9. The summed E-state index contributed by atoms with van der Waals surface area (Å²) < 4.78 is 5.74. The summed E-state index contributed by atoms with van der Waals surface area (Å²) in [4.78, 5) is 1.80. The molecule has 6 heteroatoms. The van der Waals surface area contributed by atoms with Gasteiger partial charge in [0, 0.05) is 12.1 Å². The van der Waals surface area contributed by atoms with Crippen LogP contribution < -0.4 is 4.74 Å². The average Bonchev–Trinajstić information content (AvgIpc) is 2.31. The zero-order valence-corrected chi connectivity index (χ0v) is 12.5. The van der Waals surface area contributed by atoms with Crippen LogP contribution in [0.3, 0.4) is 0 Å². The highest BCUT2D eigenvalue weighted by Crippen LogP contribution is 2.50. The normalized spacial score (nSPS) is 12.7. The summed E-state index contributed by atoms with van der Waals surface area (Å²) in [5, 5.41) is 1.91. The number of rotatable bonds is 0. The Morgan fingerprint density at radius 2 is 1.06 bits per heavy atom. The van der Waals surface area contributed by atoms with E-state index in [4.69, 9.17) is 51.1 Å². The SMILES string of the molecule is Clc1cc2c(cc1Cl)Sc1cc(Cl)c(Cl)cc1O2. The van der Waals surface area contributed by atoms with Crippen LogP contribution in [-0.4, -0.2) is 0 Å². The second-order valence-corrected chi connectivity index (χ2v) is 6.34. The van der Waals surface area contributed by atoms with Crippen molar-refractivity contribution >= 4 is 58.2 Å². The quantitative estimate of drug-likeness (QED) is 0.459. The van der Waals surface area contributed by atoms with Crippen LogP contribution >= 0.6 is 58.2 Å². The monoisotopic (exact) mass is 336 g/mol. The van der Waals surface area contributed by atoms with Gasteiger partial charge in [-0.05, 0) is 12.1 Å². The third kappa shape index (κ3) is 2.17. The molecule has 0 unspecified atom stereocenters. The molecule has 1 heterocycles. The van der Waals surface area contributed by atoms with Crippen molar-refractivity contribution in [3.8, 4) is 11.5 Å². The molecule has 1 nitrogen and oxygen atoms in total. The molecule has 0 aromatic heterocycles. The molecule has 0 saturated heterocycles. The lowest BCUT2D eigenvalue weighted by Gasteiger charge is -2.20. The van der Waals surface area contributed by atoms with Crippen molar-refractivity contribution in [1.29, 1.82) is 0 Å². The summed E-state index contributed by atoms with van der Waals surface area (Å²) in [7, 11) is 0. The van der Waals surface area contributed by atoms with Crippen LogP contribution in [0.15, 0.2) is 34.1 Å². The fourth-order valence-electron chi connectivity index (χ4n) is 1.58. The van der Waals surface area contributed by atoms with E-state index >= 15 is 0 Å². The van der Waals surface area contributed by atoms with Crippen molar-refractivity contribution < 1.29 is 4.74 Å². The Bertz CT molecular complexity index is 546. The van der Waals surface area contributed by atoms with Crippen molar-refractivity contribution in [2.24, 2.45) is 0 Å². The molecule has 1 aliphatic heterocycles. The van der Waals surface area contributed by atoms with E-state index in [1.165, 1.54) is 11.8 Å². The maximum absolute atomic E-state index is 5.98. The third-order valence-electron chi connectivity index (χ3n) is 2.41. The Morgan fingerprint density at radius 3 is 1.50 bits per heavy atom. The summed E-state index contributed by atoms with van der Waals surface area (Å²) in [5.74, 6) is 1.33. The predicted molar refractivity (Wildman–Crippen MR) is 77.1 cm³/mol. The van der Waals surface area contributed by atoms with Gasteiger partial charge in [-0.3, -0.25) is 0 Å². The van der Waals surface area contributed by atoms with E-state index in [0.717, 1.165) is 9.79 Å². The second-order valence-electron chi connectivity index (χ2n) is 3.63. The Labute approximate surface area is 128 Å². The van der Waals surface area contributed by atoms with E-state index < -0.39 is 0 Å². The fraction of sp³-hybridized carbons (Fsp3) is 0. The molecule has 1 aliphatic rings. The lowest BCUT2D eigenvalue weighted by Crippen LogP contribution is -1.95. The molecule has 0 saturated carbocycles. The minimum Gasteiger partial charge on any atom is -0.455 e. The lowest BCUT2D eigenvalue weighted by molar-refractivity contribution is 0.454. The molecular weight excluding hydrogens is 334 g/mol. The summed E-state index contributed by atoms with van der Waals surface area (Å²) in [6.07, 6.45) is 0. The number of fused-ring (bicyclic) bond motifs is 2. The van der Waals surface area contributed by atoms with E-state index in [0.29, 0.717) is 31.6 Å². The minimum absolute atomic E-state index is 0.458. The van der Waals surface area contributed by atoms with Crippen molar-refractivity contribution in [2.75, 3.05) is 0 Å². The third-order valence-corrected chi connectivity index (χ3v) is 4.94. The standard InChI is InChI=1S/C12H4Cl4OS/c13-5-1-9-11(3-7(5)15)18-12-4-8(16)6(14)2-10(12)17-9/h1-4H. The first-order chi connectivity index (χ1) is 8.54. The minimum atomic E-state index is 0.458. The van der Waals surface area contributed by atoms with Crippen LogP contribution in [0, 0.1) is 0 Å². The fourth-order valence-corrected chi connectivity index (χ4v) is 3.33. The highest BCUT2D eigenvalue weighted by Gasteiger charge is 2.21. The van der Waals surface area contributed by atoms with Crippen LogP contribution in [0.1, 0.15) is 0 Å². The number of ether oxygens (including phenoxy) is 1. The molecule has 0 fully saturated rings. The molecule has 92 valence electrons. The van der Waals surface area contributed by atoms with E-state index in [2.05, 4.69) is 0 Å². The Morgan fingerprint density at radius 1 is 0.667 bits per heavy atom. The van der Waals surface area contributed by atoms with Gasteiger partial charge < -0.3 is 4.74 Å². The van der Waals surface area contributed by atoms with Crippen LogP contribution in [0.25, 0.3) is 0 Å². The molecule has 3 rings (SSSR count). The van der Waals surface area contributed by atoms with Gasteiger partial charge in [0.2, 0.25) is 0 Å². The smallest absolute Gasteiger partial charge is 0.142 e. The molecular formula is C12H4Cl4OS. The maximum atomic E-state index is 5.98. The second kappa shape index (κ2) is 4.69. The molecule has 2 aromatic rings. The van der Waals surface area contributed by atoms with Gasteiger partial charge in [0.1, 0.15) is 11.5 Å². The summed E-state index contributed by atoms with van der Waals surface area (Å²) in [5.41, 5.74) is 0. The highest BCUT2D eigenvalue weighted by molar-refractivity contribution is 7.99. The summed E-state index contributed by atoms with van der Waals surface area (Å²) in [6.45, 7) is 0. The van der Waals surface area contributed by atoms with Crippen molar-refractivity contribution in [2.45, 2.75) is 9.79 Å². The number of benzene rings is 2. The van der Waals surface area contributed by atoms with Gasteiger partial charge >= 0.3 is 0 Å². The van der Waals surface area contributed by atoms with Gasteiger partial charge in [-0.25, -0.2) is 0 Å². The maximum Gasteiger partial charge on any atom is 0.142 e. The van der Waals surface area contributed by atoms with E-state index in [-0.39, 0.29) is 0 Å². The number of halogens is 4. The number of hydrogen-bond donors (Lipinski definition) is 0. The molecule has 0 radical (unpaired) electrons. The molecule has 0 aliphatic carbocycles. The van der Waals surface area contributed by atoms with Crippen molar-refractivity contribution in [3.63, 3.8) is 0 Å². The molecule has 0 amide bonds. The Hall–Kier alpha value is -0.250. The van der Waals surface area contributed by atoms with Gasteiger partial charge in [-0.1, -0.05) is 58.2 Å².